The van der Waals surface area contributed by atoms with Crippen LogP contribution in [0.1, 0.15) is 78.1 Å². The highest BCUT2D eigenvalue weighted by molar-refractivity contribution is 6.74. The van der Waals surface area contributed by atoms with Crippen LogP contribution in [-0.2, 0) is 13.6 Å². The predicted molar refractivity (Wildman–Crippen MR) is 158 cm³/mol. The number of benzene rings is 1. The van der Waals surface area contributed by atoms with Crippen LogP contribution in [0.25, 0.3) is 0 Å². The van der Waals surface area contributed by atoms with Crippen molar-refractivity contribution < 1.29 is 27.2 Å². The largest absolute Gasteiger partial charge is 0.409 e. The van der Waals surface area contributed by atoms with Crippen LogP contribution < -0.4 is 5.32 Å². The zero-order chi connectivity index (χ0) is 30.0. The van der Waals surface area contributed by atoms with Gasteiger partial charge in [-0.1, -0.05) is 61.3 Å². The molecular weight excluding hydrogens is 534 g/mol. The lowest BCUT2D eigenvalue weighted by Crippen LogP contribution is -2.57. The molecule has 0 radical (unpaired) electrons. The van der Waals surface area contributed by atoms with Crippen LogP contribution in [-0.4, -0.2) is 64.7 Å². The van der Waals surface area contributed by atoms with Crippen molar-refractivity contribution in [1.29, 1.82) is 0 Å². The molecule has 2 rings (SSSR count). The number of hydrogen-bond donors (Lipinski definition) is 1. The van der Waals surface area contributed by atoms with Gasteiger partial charge in [0.05, 0.1) is 11.7 Å². The molecule has 1 heterocycles. The van der Waals surface area contributed by atoms with Gasteiger partial charge in [0.15, 0.2) is 16.6 Å². The standard InChI is InChI=1S/C29H50F2N2O4Si2/c1-12-13-14-17-32-26(34)24-25(37-39(10,11)29(5,6)7)23(36-38(8,9)28(2,3)4)19-33(24)27(35)21-16-15-20(30)18-22(21)31/h15-16,18,23-25H,12-14,17,19H2,1-11H3,(H,32,34)/t23-,24?,25+/m0/s1. The highest BCUT2D eigenvalue weighted by atomic mass is 28.4. The molecule has 1 unspecified atom stereocenters. The third-order valence-electron chi connectivity index (χ3n) is 8.65. The van der Waals surface area contributed by atoms with Crippen molar-refractivity contribution in [3.63, 3.8) is 0 Å². The number of carbonyl (C=O) groups is 2. The lowest BCUT2D eigenvalue weighted by Gasteiger charge is -2.43. The molecule has 1 saturated heterocycles. The Kier molecular flexibility index (Phi) is 10.8. The average Bonchev–Trinajstić information content (AvgIpc) is 3.11. The molecule has 0 bridgehead atoms. The van der Waals surface area contributed by atoms with Crippen molar-refractivity contribution in [2.45, 2.75) is 122 Å². The van der Waals surface area contributed by atoms with E-state index in [1.54, 1.807) is 0 Å². The van der Waals surface area contributed by atoms with Gasteiger partial charge in [-0.25, -0.2) is 8.78 Å². The van der Waals surface area contributed by atoms with Gasteiger partial charge in [-0.05, 0) is 54.8 Å². The zero-order valence-electron chi connectivity index (χ0n) is 25.8. The molecular formula is C29H50F2N2O4Si2. The van der Waals surface area contributed by atoms with Crippen LogP contribution in [0.3, 0.4) is 0 Å². The van der Waals surface area contributed by atoms with Crippen molar-refractivity contribution in [2.75, 3.05) is 13.1 Å². The van der Waals surface area contributed by atoms with Crippen LogP contribution in [0.5, 0.6) is 0 Å². The van der Waals surface area contributed by atoms with Crippen LogP contribution in [0, 0.1) is 11.6 Å². The van der Waals surface area contributed by atoms with E-state index in [0.29, 0.717) is 12.6 Å². The second kappa shape index (κ2) is 12.5. The second-order valence-corrected chi connectivity index (χ2v) is 23.3. The molecule has 0 saturated carbocycles. The first-order valence-corrected chi connectivity index (χ1v) is 19.9. The van der Waals surface area contributed by atoms with Crippen LogP contribution in [0.15, 0.2) is 18.2 Å². The first-order chi connectivity index (χ1) is 17.7. The van der Waals surface area contributed by atoms with E-state index in [4.69, 9.17) is 8.85 Å². The minimum atomic E-state index is -2.43. The van der Waals surface area contributed by atoms with Gasteiger partial charge in [0.25, 0.3) is 5.91 Å². The van der Waals surface area contributed by atoms with E-state index >= 15 is 0 Å². The minimum absolute atomic E-state index is 0.0779. The molecule has 39 heavy (non-hydrogen) atoms. The number of amides is 2. The summed E-state index contributed by atoms with van der Waals surface area (Å²) in [4.78, 5) is 28.9. The Morgan fingerprint density at radius 3 is 2.05 bits per heavy atom. The molecule has 1 aliphatic heterocycles. The van der Waals surface area contributed by atoms with E-state index in [1.807, 2.05) is 0 Å². The maximum absolute atomic E-state index is 14.8. The Labute approximate surface area is 236 Å². The van der Waals surface area contributed by atoms with E-state index in [0.717, 1.165) is 31.4 Å². The Balaban J connectivity index is 2.60. The van der Waals surface area contributed by atoms with E-state index < -0.39 is 52.4 Å². The molecule has 1 aliphatic rings. The smallest absolute Gasteiger partial charge is 0.257 e. The molecule has 3 atom stereocenters. The summed E-state index contributed by atoms with van der Waals surface area (Å²) in [5.74, 6) is -2.75. The fraction of sp³-hybridized carbons (Fsp3) is 0.724. The van der Waals surface area contributed by atoms with E-state index in [1.165, 1.54) is 4.90 Å². The van der Waals surface area contributed by atoms with Gasteiger partial charge in [0.1, 0.15) is 23.8 Å². The maximum atomic E-state index is 14.8. The monoisotopic (exact) mass is 584 g/mol. The molecule has 10 heteroatoms. The molecule has 222 valence electrons. The number of nitrogens with one attached hydrogen (secondary N) is 1. The highest BCUT2D eigenvalue weighted by Gasteiger charge is 2.55. The lowest BCUT2D eigenvalue weighted by atomic mass is 10.1. The molecule has 0 aromatic heterocycles. The Hall–Kier alpha value is -1.63. The van der Waals surface area contributed by atoms with Crippen molar-refractivity contribution in [2.24, 2.45) is 0 Å². The van der Waals surface area contributed by atoms with Crippen LogP contribution >= 0.6 is 0 Å². The first-order valence-electron chi connectivity index (χ1n) is 14.1. The van der Waals surface area contributed by atoms with Gasteiger partial charge < -0.3 is 19.1 Å². The SMILES string of the molecule is CCCCCNC(=O)C1[C@H](O[Si](C)(C)C(C)(C)C)[C@@H](O[Si](C)(C)C(C)(C)C)CN1C(=O)c1ccc(F)cc1F. The molecule has 0 aliphatic carbocycles. The molecule has 1 aromatic rings. The van der Waals surface area contributed by atoms with E-state index in [-0.39, 0.29) is 28.1 Å². The zero-order valence-corrected chi connectivity index (χ0v) is 27.8. The third-order valence-corrected chi connectivity index (χ3v) is 17.6. The van der Waals surface area contributed by atoms with Crippen molar-refractivity contribution in [3.8, 4) is 0 Å². The van der Waals surface area contributed by atoms with Gasteiger partial charge in [0, 0.05) is 19.2 Å². The fourth-order valence-corrected chi connectivity index (χ4v) is 6.75. The topological polar surface area (TPSA) is 67.9 Å². The quantitative estimate of drug-likeness (QED) is 0.241. The summed E-state index contributed by atoms with van der Waals surface area (Å²) in [6.45, 7) is 23.9. The summed E-state index contributed by atoms with van der Waals surface area (Å²) in [6, 6.07) is 1.87. The molecule has 0 spiro atoms. The van der Waals surface area contributed by atoms with Gasteiger partial charge in [-0.3, -0.25) is 9.59 Å². The fourth-order valence-electron chi connectivity index (χ4n) is 4.12. The lowest BCUT2D eigenvalue weighted by molar-refractivity contribution is -0.127. The van der Waals surface area contributed by atoms with Crippen molar-refractivity contribution >= 4 is 28.4 Å². The highest BCUT2D eigenvalue weighted by Crippen LogP contribution is 2.43. The van der Waals surface area contributed by atoms with Gasteiger partial charge in [-0.15, -0.1) is 0 Å². The minimum Gasteiger partial charge on any atom is -0.409 e. The van der Waals surface area contributed by atoms with E-state index in [2.05, 4.69) is 80.0 Å². The van der Waals surface area contributed by atoms with E-state index in [9.17, 15) is 18.4 Å². The molecule has 1 N–H and O–H groups in total. The second-order valence-electron chi connectivity index (χ2n) is 13.8. The third kappa shape index (κ3) is 7.98. The first kappa shape index (κ1) is 33.6. The number of likely N-dealkylation sites (tertiary alicyclic amines) is 1. The van der Waals surface area contributed by atoms with Crippen LogP contribution in [0.2, 0.25) is 36.3 Å². The summed E-state index contributed by atoms with van der Waals surface area (Å²) in [5, 5.41) is 2.72. The summed E-state index contributed by atoms with van der Waals surface area (Å²) in [5.41, 5.74) is -0.278. The summed E-state index contributed by atoms with van der Waals surface area (Å²) >= 11 is 0. The van der Waals surface area contributed by atoms with Gasteiger partial charge in [-0.2, -0.15) is 0 Å². The Morgan fingerprint density at radius 1 is 0.974 bits per heavy atom. The predicted octanol–water partition coefficient (Wildman–Crippen LogP) is 6.88. The van der Waals surface area contributed by atoms with Crippen molar-refractivity contribution in [3.05, 3.63) is 35.4 Å². The number of halogens is 2. The summed E-state index contributed by atoms with van der Waals surface area (Å²) in [6.07, 6.45) is 1.49. The maximum Gasteiger partial charge on any atom is 0.257 e. The Bertz CT molecular complexity index is 1020. The van der Waals surface area contributed by atoms with Gasteiger partial charge >= 0.3 is 0 Å². The van der Waals surface area contributed by atoms with Crippen molar-refractivity contribution in [1.82, 2.24) is 10.2 Å². The average molecular weight is 585 g/mol. The number of nitrogens with zero attached hydrogens (tertiary/aromatic N) is 1. The Morgan fingerprint density at radius 2 is 1.54 bits per heavy atom. The summed E-state index contributed by atoms with van der Waals surface area (Å²) in [7, 11) is -4.79. The molecule has 6 nitrogen and oxygen atoms in total. The van der Waals surface area contributed by atoms with Crippen LogP contribution in [0.4, 0.5) is 8.78 Å². The number of unbranched alkanes of at least 4 members (excludes halogenated alkanes) is 2. The molecule has 2 amide bonds. The number of hydrogen-bond acceptors (Lipinski definition) is 4. The molecule has 1 fully saturated rings. The number of carbonyl (C=O) groups excluding carboxylic acids is 2. The normalized spacial score (nSPS) is 20.8. The number of rotatable bonds is 10. The van der Waals surface area contributed by atoms with Gasteiger partial charge in [0.2, 0.25) is 5.91 Å². The molecule has 1 aromatic carbocycles. The summed E-state index contributed by atoms with van der Waals surface area (Å²) < 4.78 is 42.2.